The molecular formula is C27H28F5N5O2S. The summed E-state index contributed by atoms with van der Waals surface area (Å²) in [6.07, 6.45) is -4.84. The average molecular weight is 582 g/mol. The fraction of sp³-hybridized carbons (Fsp3) is 0.444. The van der Waals surface area contributed by atoms with Gasteiger partial charge >= 0.3 is 6.18 Å². The Morgan fingerprint density at radius 1 is 1.05 bits per heavy atom. The minimum atomic E-state index is -4.84. The lowest BCUT2D eigenvalue weighted by molar-refractivity contribution is -0.137. The van der Waals surface area contributed by atoms with Gasteiger partial charge in [-0.25, -0.2) is 8.78 Å². The Bertz CT molecular complexity index is 1350. The van der Waals surface area contributed by atoms with Crippen molar-refractivity contribution in [2.45, 2.75) is 38.4 Å². The molecule has 7 nitrogen and oxygen atoms in total. The highest BCUT2D eigenvalue weighted by Crippen LogP contribution is 2.43. The van der Waals surface area contributed by atoms with Crippen molar-refractivity contribution in [2.75, 3.05) is 49.1 Å². The van der Waals surface area contributed by atoms with Crippen LogP contribution in [0.2, 0.25) is 0 Å². The molecule has 0 saturated carbocycles. The van der Waals surface area contributed by atoms with E-state index in [2.05, 4.69) is 10.2 Å². The van der Waals surface area contributed by atoms with Gasteiger partial charge in [0.15, 0.2) is 5.11 Å². The zero-order valence-corrected chi connectivity index (χ0v) is 22.9. The van der Waals surface area contributed by atoms with E-state index in [0.29, 0.717) is 12.6 Å². The van der Waals surface area contributed by atoms with Gasteiger partial charge < -0.3 is 15.0 Å². The fourth-order valence-corrected chi connectivity index (χ4v) is 5.33. The molecule has 1 N–H and O–H groups in total. The largest absolute Gasteiger partial charge is 0.492 e. The number of hydrogen-bond acceptors (Lipinski definition) is 6. The lowest BCUT2D eigenvalue weighted by Gasteiger charge is -2.31. The van der Waals surface area contributed by atoms with Gasteiger partial charge in [0.25, 0.3) is 11.8 Å². The molecule has 0 atom stereocenters. The minimum Gasteiger partial charge on any atom is -0.492 e. The summed E-state index contributed by atoms with van der Waals surface area (Å²) in [7, 11) is 0. The number of carbonyl (C=O) groups is 1. The van der Waals surface area contributed by atoms with Crippen LogP contribution in [0.1, 0.15) is 37.5 Å². The minimum absolute atomic E-state index is 0.0144. The highest BCUT2D eigenvalue weighted by Gasteiger charge is 2.51. The zero-order chi connectivity index (χ0) is 29.5. The number of carbonyl (C=O) groups excluding carboxylic acids is 1. The predicted octanol–water partition coefficient (Wildman–Crippen LogP) is 4.89. The number of nitrogens with zero attached hydrogens (tertiary/aromatic N) is 4. The first-order chi connectivity index (χ1) is 18.7. The Morgan fingerprint density at radius 3 is 2.27 bits per heavy atom. The van der Waals surface area contributed by atoms with Gasteiger partial charge in [0, 0.05) is 45.3 Å². The molecular weight excluding hydrogens is 553 g/mol. The molecule has 4 rings (SSSR count). The van der Waals surface area contributed by atoms with E-state index in [1.54, 1.807) is 0 Å². The number of hydrogen-bond donors (Lipinski definition) is 1. The number of thiocarbonyl (C=S) groups is 1. The third-order valence-electron chi connectivity index (χ3n) is 6.92. The summed E-state index contributed by atoms with van der Waals surface area (Å²) in [5.74, 6) is -3.97. The number of alkyl halides is 5. The van der Waals surface area contributed by atoms with Crippen LogP contribution in [0.15, 0.2) is 36.4 Å². The Morgan fingerprint density at radius 2 is 1.68 bits per heavy atom. The number of halogens is 5. The summed E-state index contributed by atoms with van der Waals surface area (Å²) in [4.78, 5) is 17.9. The summed E-state index contributed by atoms with van der Waals surface area (Å²) in [5.41, 5.74) is -3.68. The molecule has 1 amide bonds. The molecule has 2 aliphatic heterocycles. The third-order valence-corrected chi connectivity index (χ3v) is 7.29. The summed E-state index contributed by atoms with van der Waals surface area (Å²) in [5, 5.41) is 12.2. The fourth-order valence-electron chi connectivity index (χ4n) is 4.80. The van der Waals surface area contributed by atoms with E-state index in [0.717, 1.165) is 44.1 Å². The van der Waals surface area contributed by atoms with Gasteiger partial charge in [0.1, 0.15) is 17.9 Å². The second-order valence-corrected chi connectivity index (χ2v) is 10.5. The number of amides is 1. The normalized spacial score (nSPS) is 18.3. The number of ether oxygens (including phenoxy) is 1. The number of piperazine rings is 1. The van der Waals surface area contributed by atoms with E-state index in [4.69, 9.17) is 22.2 Å². The standard InChI is InChI=1S/C27H28F5N5O2S/c1-25(2)23(38)36(18-5-4-17(16-33)20(14-18)27(30,31)32)24(40)37(25)19-6-7-22(21(15-19)26(3,28)29)39-13-12-35-10-8-34-9-11-35/h4-7,14-15,34H,8-13H2,1-3H3. The van der Waals surface area contributed by atoms with Gasteiger partial charge in [0.05, 0.1) is 28.4 Å². The molecule has 13 heteroatoms. The monoisotopic (exact) mass is 581 g/mol. The first kappa shape index (κ1) is 29.6. The summed E-state index contributed by atoms with van der Waals surface area (Å²) in [6, 6.07) is 8.39. The van der Waals surface area contributed by atoms with Gasteiger partial charge in [-0.3, -0.25) is 14.6 Å². The van der Waals surface area contributed by atoms with Gasteiger partial charge in [-0.2, -0.15) is 18.4 Å². The predicted molar refractivity (Wildman–Crippen MR) is 144 cm³/mol. The van der Waals surface area contributed by atoms with Crippen LogP contribution in [-0.4, -0.2) is 60.8 Å². The van der Waals surface area contributed by atoms with E-state index in [9.17, 15) is 26.7 Å². The average Bonchev–Trinajstić information content (AvgIpc) is 3.06. The van der Waals surface area contributed by atoms with Crippen LogP contribution in [-0.2, 0) is 16.9 Å². The maximum Gasteiger partial charge on any atom is 0.417 e. The first-order valence-electron chi connectivity index (χ1n) is 12.5. The third kappa shape index (κ3) is 5.75. The second-order valence-electron chi connectivity index (χ2n) is 10.2. The molecule has 2 aromatic rings. The van der Waals surface area contributed by atoms with Crippen molar-refractivity contribution >= 4 is 34.6 Å². The van der Waals surface area contributed by atoms with E-state index < -0.39 is 40.2 Å². The molecule has 0 aromatic heterocycles. The number of nitrogens with one attached hydrogen (secondary N) is 1. The second kappa shape index (κ2) is 10.9. The van der Waals surface area contributed by atoms with Crippen molar-refractivity contribution in [3.63, 3.8) is 0 Å². The Balaban J connectivity index is 1.66. The first-order valence-corrected chi connectivity index (χ1v) is 13.0. The molecule has 0 spiro atoms. The van der Waals surface area contributed by atoms with Crippen LogP contribution < -0.4 is 19.9 Å². The number of benzene rings is 2. The van der Waals surface area contributed by atoms with Crippen LogP contribution in [0.4, 0.5) is 33.3 Å². The summed E-state index contributed by atoms with van der Waals surface area (Å²) < 4.78 is 76.0. The zero-order valence-electron chi connectivity index (χ0n) is 22.1. The summed E-state index contributed by atoms with van der Waals surface area (Å²) >= 11 is 5.52. The molecule has 0 radical (unpaired) electrons. The number of anilines is 2. The topological polar surface area (TPSA) is 71.8 Å². The van der Waals surface area contributed by atoms with E-state index in [-0.39, 0.29) is 28.8 Å². The molecule has 2 aliphatic rings. The molecule has 214 valence electrons. The highest BCUT2D eigenvalue weighted by atomic mass is 32.1. The number of rotatable bonds is 7. The molecule has 0 aliphatic carbocycles. The number of nitriles is 1. The lowest BCUT2D eigenvalue weighted by Crippen LogP contribution is -2.45. The quantitative estimate of drug-likeness (QED) is 0.369. The highest BCUT2D eigenvalue weighted by molar-refractivity contribution is 7.81. The smallest absolute Gasteiger partial charge is 0.417 e. The molecule has 2 fully saturated rings. The van der Waals surface area contributed by atoms with Crippen LogP contribution in [0.5, 0.6) is 5.75 Å². The van der Waals surface area contributed by atoms with Crippen molar-refractivity contribution in [1.29, 1.82) is 5.26 Å². The van der Waals surface area contributed by atoms with Crippen LogP contribution in [0.3, 0.4) is 0 Å². The SMILES string of the molecule is CC(F)(F)c1cc(N2C(=S)N(c3ccc(C#N)c(C(F)(F)F)c3)C(=O)C2(C)C)ccc1OCCN1CCNCC1. The van der Waals surface area contributed by atoms with Crippen molar-refractivity contribution in [3.8, 4) is 11.8 Å². The van der Waals surface area contributed by atoms with Gasteiger partial charge in [0.2, 0.25) is 0 Å². The molecule has 0 unspecified atom stereocenters. The van der Waals surface area contributed by atoms with Crippen molar-refractivity contribution in [1.82, 2.24) is 10.2 Å². The lowest BCUT2D eigenvalue weighted by atomic mass is 10.0. The summed E-state index contributed by atoms with van der Waals surface area (Å²) in [6.45, 7) is 7.83. The van der Waals surface area contributed by atoms with Crippen molar-refractivity contribution < 1.29 is 31.5 Å². The van der Waals surface area contributed by atoms with E-state index >= 15 is 0 Å². The maximum absolute atomic E-state index is 14.7. The van der Waals surface area contributed by atoms with Crippen LogP contribution in [0.25, 0.3) is 0 Å². The molecule has 2 heterocycles. The van der Waals surface area contributed by atoms with Crippen molar-refractivity contribution in [3.05, 3.63) is 53.1 Å². The van der Waals surface area contributed by atoms with E-state index in [1.165, 1.54) is 49.1 Å². The van der Waals surface area contributed by atoms with Crippen LogP contribution >= 0.6 is 12.2 Å². The van der Waals surface area contributed by atoms with Gasteiger partial charge in [-0.15, -0.1) is 0 Å². The molecule has 40 heavy (non-hydrogen) atoms. The maximum atomic E-state index is 14.7. The Kier molecular flexibility index (Phi) is 8.08. The van der Waals surface area contributed by atoms with Crippen molar-refractivity contribution in [2.24, 2.45) is 0 Å². The van der Waals surface area contributed by atoms with E-state index in [1.807, 2.05) is 0 Å². The van der Waals surface area contributed by atoms with Gasteiger partial charge in [-0.1, -0.05) is 0 Å². The molecule has 2 aromatic carbocycles. The molecule has 0 bridgehead atoms. The Labute approximate surface area is 234 Å². The molecule has 2 saturated heterocycles. The van der Waals surface area contributed by atoms with Gasteiger partial charge in [-0.05, 0) is 62.5 Å². The van der Waals surface area contributed by atoms with Crippen LogP contribution in [0, 0.1) is 11.3 Å². The Hall–Kier alpha value is -3.34.